The minimum Gasteiger partial charge on any atom is -0.386 e. The van der Waals surface area contributed by atoms with Gasteiger partial charge in [-0.25, -0.2) is 4.39 Å². The molecule has 2 unspecified atom stereocenters. The number of amides is 1. The predicted octanol–water partition coefficient (Wildman–Crippen LogP) is 5.63. The number of alkyl halides is 3. The van der Waals surface area contributed by atoms with Crippen molar-refractivity contribution in [2.24, 2.45) is 0 Å². The summed E-state index contributed by atoms with van der Waals surface area (Å²) in [6, 6.07) is 18.7. The van der Waals surface area contributed by atoms with Gasteiger partial charge in [-0.3, -0.25) is 4.79 Å². The molecule has 3 aromatic carbocycles. The first kappa shape index (κ1) is 24.5. The Hall–Kier alpha value is -3.19. The first-order valence-corrected chi connectivity index (χ1v) is 10.7. The lowest BCUT2D eigenvalue weighted by Crippen LogP contribution is -2.41. The maximum atomic E-state index is 13.3. The zero-order valence-electron chi connectivity index (χ0n) is 17.9. The van der Waals surface area contributed by atoms with Crippen LogP contribution in [0, 0.1) is 5.82 Å². The molecule has 3 nitrogen and oxygen atoms in total. The van der Waals surface area contributed by atoms with Crippen LogP contribution in [0.2, 0.25) is 0 Å². The summed E-state index contributed by atoms with van der Waals surface area (Å²) in [6.45, 7) is 0. The van der Waals surface area contributed by atoms with Crippen LogP contribution in [-0.2, 0) is 23.8 Å². The highest BCUT2D eigenvalue weighted by Crippen LogP contribution is 2.30. The van der Waals surface area contributed by atoms with Gasteiger partial charge in [0, 0.05) is 6.42 Å². The molecule has 0 radical (unpaired) electrons. The Kier molecular flexibility index (Phi) is 8.22. The highest BCUT2D eigenvalue weighted by molar-refractivity contribution is 5.76. The quantitative estimate of drug-likeness (QED) is 0.408. The Morgan fingerprint density at radius 2 is 1.58 bits per heavy atom. The van der Waals surface area contributed by atoms with Gasteiger partial charge in [-0.2, -0.15) is 13.2 Å². The SMILES string of the molecule is O=C(CCCc1ccccc1)NC(Cc1cccc(C(F)(F)F)c1)C(O)c1ccc(F)cc1. The van der Waals surface area contributed by atoms with Crippen molar-refractivity contribution in [1.29, 1.82) is 0 Å². The van der Waals surface area contributed by atoms with Crippen molar-refractivity contribution in [3.63, 3.8) is 0 Å². The van der Waals surface area contributed by atoms with Crippen molar-refractivity contribution in [3.05, 3.63) is 107 Å². The first-order valence-electron chi connectivity index (χ1n) is 10.7. The van der Waals surface area contributed by atoms with Crippen molar-refractivity contribution < 1.29 is 27.5 Å². The molecule has 2 atom stereocenters. The summed E-state index contributed by atoms with van der Waals surface area (Å²) in [5, 5.41) is 13.6. The van der Waals surface area contributed by atoms with Crippen LogP contribution in [0.25, 0.3) is 0 Å². The lowest BCUT2D eigenvalue weighted by Gasteiger charge is -2.25. The molecule has 0 heterocycles. The Morgan fingerprint density at radius 3 is 2.24 bits per heavy atom. The number of nitrogens with one attached hydrogen (secondary N) is 1. The molecular formula is C26H25F4NO2. The molecule has 0 aromatic heterocycles. The molecule has 0 bridgehead atoms. The van der Waals surface area contributed by atoms with Crippen molar-refractivity contribution in [2.45, 2.75) is 44.0 Å². The van der Waals surface area contributed by atoms with E-state index in [-0.39, 0.29) is 18.7 Å². The van der Waals surface area contributed by atoms with E-state index in [4.69, 9.17) is 0 Å². The zero-order chi connectivity index (χ0) is 23.8. The number of aliphatic hydroxyl groups excluding tert-OH is 1. The van der Waals surface area contributed by atoms with Crippen LogP contribution in [-0.4, -0.2) is 17.1 Å². The number of halogens is 4. The molecular weight excluding hydrogens is 434 g/mol. The van der Waals surface area contributed by atoms with E-state index in [1.807, 2.05) is 30.3 Å². The molecule has 0 aliphatic heterocycles. The fraction of sp³-hybridized carbons (Fsp3) is 0.269. The second-order valence-electron chi connectivity index (χ2n) is 7.91. The summed E-state index contributed by atoms with van der Waals surface area (Å²) in [4.78, 5) is 12.6. The molecule has 0 spiro atoms. The molecule has 0 fully saturated rings. The zero-order valence-corrected chi connectivity index (χ0v) is 17.9. The van der Waals surface area contributed by atoms with Crippen LogP contribution in [0.15, 0.2) is 78.9 Å². The summed E-state index contributed by atoms with van der Waals surface area (Å²) < 4.78 is 52.6. The molecule has 0 aliphatic carbocycles. The van der Waals surface area contributed by atoms with Gasteiger partial charge < -0.3 is 10.4 Å². The van der Waals surface area contributed by atoms with Gasteiger partial charge in [0.05, 0.1) is 17.7 Å². The van der Waals surface area contributed by atoms with Gasteiger partial charge in [0.25, 0.3) is 0 Å². The number of hydrogen-bond donors (Lipinski definition) is 2. The van der Waals surface area contributed by atoms with Crippen LogP contribution in [0.1, 0.15) is 41.2 Å². The van der Waals surface area contributed by atoms with E-state index in [0.29, 0.717) is 24.0 Å². The fourth-order valence-corrected chi connectivity index (χ4v) is 3.64. The summed E-state index contributed by atoms with van der Waals surface area (Å²) >= 11 is 0. The minimum atomic E-state index is -4.50. The van der Waals surface area contributed by atoms with Gasteiger partial charge in [-0.05, 0) is 54.2 Å². The van der Waals surface area contributed by atoms with Crippen LogP contribution in [0.5, 0.6) is 0 Å². The molecule has 1 amide bonds. The van der Waals surface area contributed by atoms with E-state index < -0.39 is 29.7 Å². The maximum Gasteiger partial charge on any atom is 0.416 e. The van der Waals surface area contributed by atoms with E-state index in [0.717, 1.165) is 17.7 Å². The van der Waals surface area contributed by atoms with Gasteiger partial charge in [-0.15, -0.1) is 0 Å². The fourth-order valence-electron chi connectivity index (χ4n) is 3.64. The van der Waals surface area contributed by atoms with Crippen molar-refractivity contribution >= 4 is 5.91 Å². The Morgan fingerprint density at radius 1 is 0.909 bits per heavy atom. The summed E-state index contributed by atoms with van der Waals surface area (Å²) in [7, 11) is 0. The average molecular weight is 459 g/mol. The van der Waals surface area contributed by atoms with Crippen molar-refractivity contribution in [1.82, 2.24) is 5.32 Å². The van der Waals surface area contributed by atoms with Crippen LogP contribution in [0.4, 0.5) is 17.6 Å². The van der Waals surface area contributed by atoms with Crippen LogP contribution in [0.3, 0.4) is 0 Å². The normalized spacial score (nSPS) is 13.4. The third kappa shape index (κ3) is 7.43. The van der Waals surface area contributed by atoms with E-state index in [1.165, 1.54) is 36.4 Å². The number of benzene rings is 3. The second kappa shape index (κ2) is 11.1. The van der Waals surface area contributed by atoms with E-state index in [2.05, 4.69) is 5.32 Å². The van der Waals surface area contributed by atoms with E-state index in [1.54, 1.807) is 0 Å². The van der Waals surface area contributed by atoms with Gasteiger partial charge >= 0.3 is 6.18 Å². The Balaban J connectivity index is 1.72. The monoisotopic (exact) mass is 459 g/mol. The summed E-state index contributed by atoms with van der Waals surface area (Å²) in [5.74, 6) is -0.797. The summed E-state index contributed by atoms with van der Waals surface area (Å²) in [5.41, 5.74) is 0.972. The van der Waals surface area contributed by atoms with E-state index in [9.17, 15) is 27.5 Å². The molecule has 0 saturated heterocycles. The molecule has 3 aromatic rings. The number of hydrogen-bond acceptors (Lipinski definition) is 2. The van der Waals surface area contributed by atoms with E-state index >= 15 is 0 Å². The van der Waals surface area contributed by atoms with Crippen LogP contribution < -0.4 is 5.32 Å². The molecule has 0 aliphatic rings. The minimum absolute atomic E-state index is 0.0209. The highest BCUT2D eigenvalue weighted by Gasteiger charge is 2.31. The Labute approximate surface area is 190 Å². The van der Waals surface area contributed by atoms with Gasteiger partial charge in [0.1, 0.15) is 5.82 Å². The third-order valence-electron chi connectivity index (χ3n) is 5.36. The van der Waals surface area contributed by atoms with Crippen LogP contribution >= 0.6 is 0 Å². The number of carbonyl (C=O) groups is 1. The Bertz CT molecular complexity index is 1040. The molecule has 3 rings (SSSR count). The number of aliphatic hydroxyl groups is 1. The van der Waals surface area contributed by atoms with Gasteiger partial charge in [0.15, 0.2) is 0 Å². The number of rotatable bonds is 9. The average Bonchev–Trinajstić information content (AvgIpc) is 2.79. The smallest absolute Gasteiger partial charge is 0.386 e. The van der Waals surface area contributed by atoms with Gasteiger partial charge in [0.2, 0.25) is 5.91 Å². The lowest BCUT2D eigenvalue weighted by molar-refractivity contribution is -0.137. The van der Waals surface area contributed by atoms with Gasteiger partial charge in [-0.1, -0.05) is 60.7 Å². The topological polar surface area (TPSA) is 49.3 Å². The largest absolute Gasteiger partial charge is 0.416 e. The predicted molar refractivity (Wildman–Crippen MR) is 118 cm³/mol. The van der Waals surface area contributed by atoms with Crippen molar-refractivity contribution in [2.75, 3.05) is 0 Å². The second-order valence-corrected chi connectivity index (χ2v) is 7.91. The maximum absolute atomic E-state index is 13.3. The first-order chi connectivity index (χ1) is 15.7. The lowest BCUT2D eigenvalue weighted by atomic mass is 9.95. The molecule has 174 valence electrons. The van der Waals surface area contributed by atoms with Crippen molar-refractivity contribution in [3.8, 4) is 0 Å². The summed E-state index contributed by atoms with van der Waals surface area (Å²) in [6.07, 6.45) is -4.26. The highest BCUT2D eigenvalue weighted by atomic mass is 19.4. The molecule has 33 heavy (non-hydrogen) atoms. The number of carbonyl (C=O) groups excluding carboxylic acids is 1. The third-order valence-corrected chi connectivity index (χ3v) is 5.36. The standard InChI is InChI=1S/C26H25F4NO2/c27-22-14-12-20(13-15-22)25(33)23(17-19-9-4-10-21(16-19)26(28,29)30)31-24(32)11-5-8-18-6-2-1-3-7-18/h1-4,6-7,9-10,12-16,23,25,33H,5,8,11,17H2,(H,31,32). The number of aryl methyl sites for hydroxylation is 1. The molecule has 7 heteroatoms. The molecule has 0 saturated carbocycles. The molecule has 2 N–H and O–H groups in total.